The van der Waals surface area contributed by atoms with Crippen molar-refractivity contribution >= 4 is 0 Å². The van der Waals surface area contributed by atoms with Crippen molar-refractivity contribution in [1.82, 2.24) is 9.80 Å². The van der Waals surface area contributed by atoms with Crippen molar-refractivity contribution in [2.75, 3.05) is 33.7 Å². The number of rotatable bonds is 2. The number of hydrogen-bond donors (Lipinski definition) is 1. The van der Waals surface area contributed by atoms with Crippen LogP contribution in [0.25, 0.3) is 0 Å². The Balaban J connectivity index is 2.23. The molecule has 0 amide bonds. The molecule has 1 N–H and O–H groups in total. The molecule has 88 valence electrons. The second-order valence-electron chi connectivity index (χ2n) is 5.42. The topological polar surface area (TPSA) is 26.7 Å². The first-order valence-electron chi connectivity index (χ1n) is 6.18. The lowest BCUT2D eigenvalue weighted by atomic mass is 9.69. The van der Waals surface area contributed by atoms with Gasteiger partial charge in [-0.2, -0.15) is 0 Å². The summed E-state index contributed by atoms with van der Waals surface area (Å²) in [6.45, 7) is 5.46. The van der Waals surface area contributed by atoms with E-state index in [2.05, 4.69) is 30.8 Å². The van der Waals surface area contributed by atoms with Crippen molar-refractivity contribution in [1.29, 1.82) is 0 Å². The van der Waals surface area contributed by atoms with Crippen molar-refractivity contribution in [3.05, 3.63) is 0 Å². The Kier molecular flexibility index (Phi) is 3.06. The van der Waals surface area contributed by atoms with Gasteiger partial charge in [0.25, 0.3) is 0 Å². The number of aliphatic hydroxyl groups is 1. The van der Waals surface area contributed by atoms with E-state index in [0.717, 1.165) is 26.1 Å². The van der Waals surface area contributed by atoms with Gasteiger partial charge in [-0.05, 0) is 39.4 Å². The summed E-state index contributed by atoms with van der Waals surface area (Å²) in [6, 6.07) is 0. The highest BCUT2D eigenvalue weighted by Crippen LogP contribution is 2.40. The van der Waals surface area contributed by atoms with Crippen LogP contribution in [0.2, 0.25) is 0 Å². The van der Waals surface area contributed by atoms with Crippen LogP contribution in [0, 0.1) is 5.92 Å². The number of likely N-dealkylation sites (N-methyl/N-ethyl adjacent to an activating group) is 2. The van der Waals surface area contributed by atoms with Gasteiger partial charge in [-0.3, -0.25) is 0 Å². The molecule has 0 aromatic rings. The van der Waals surface area contributed by atoms with Gasteiger partial charge >= 0.3 is 0 Å². The van der Waals surface area contributed by atoms with Gasteiger partial charge in [0.2, 0.25) is 0 Å². The van der Waals surface area contributed by atoms with Gasteiger partial charge in [-0.25, -0.2) is 0 Å². The minimum atomic E-state index is -0.121. The van der Waals surface area contributed by atoms with Gasteiger partial charge in [-0.1, -0.05) is 13.3 Å². The van der Waals surface area contributed by atoms with Crippen molar-refractivity contribution in [2.24, 2.45) is 5.92 Å². The van der Waals surface area contributed by atoms with E-state index in [1.165, 1.54) is 12.8 Å². The third kappa shape index (κ3) is 1.71. The van der Waals surface area contributed by atoms with Crippen molar-refractivity contribution in [3.8, 4) is 0 Å². The Labute approximate surface area is 93.1 Å². The van der Waals surface area contributed by atoms with E-state index in [4.69, 9.17) is 0 Å². The fourth-order valence-corrected chi connectivity index (χ4v) is 3.43. The molecule has 2 rings (SSSR count). The molecule has 1 aliphatic heterocycles. The van der Waals surface area contributed by atoms with Crippen molar-refractivity contribution in [3.63, 3.8) is 0 Å². The van der Waals surface area contributed by atoms with Gasteiger partial charge in [0, 0.05) is 13.1 Å². The lowest BCUT2D eigenvalue weighted by Gasteiger charge is -2.56. The molecule has 1 saturated heterocycles. The molecule has 3 atom stereocenters. The van der Waals surface area contributed by atoms with Gasteiger partial charge in [0.15, 0.2) is 0 Å². The third-order valence-electron chi connectivity index (χ3n) is 4.51. The average molecular weight is 212 g/mol. The van der Waals surface area contributed by atoms with Gasteiger partial charge in [0.1, 0.15) is 0 Å². The molecule has 3 heteroatoms. The molecule has 0 radical (unpaired) electrons. The Morgan fingerprint density at radius 2 is 2.20 bits per heavy atom. The van der Waals surface area contributed by atoms with Crippen LogP contribution in [-0.4, -0.2) is 60.3 Å². The first-order chi connectivity index (χ1) is 7.10. The van der Waals surface area contributed by atoms with Gasteiger partial charge in [0.05, 0.1) is 11.6 Å². The van der Waals surface area contributed by atoms with E-state index in [1.54, 1.807) is 0 Å². The second kappa shape index (κ2) is 4.04. The predicted octanol–water partition coefficient (Wildman–Crippen LogP) is 0.783. The molecule has 2 bridgehead atoms. The maximum atomic E-state index is 10.5. The summed E-state index contributed by atoms with van der Waals surface area (Å²) < 4.78 is 0. The highest BCUT2D eigenvalue weighted by Gasteiger charge is 2.50. The maximum absolute atomic E-state index is 10.5. The number of nitrogens with zero attached hydrogens (tertiary/aromatic N) is 2. The molecule has 2 aliphatic rings. The quantitative estimate of drug-likeness (QED) is 0.733. The Morgan fingerprint density at radius 1 is 1.47 bits per heavy atom. The second-order valence-corrected chi connectivity index (χ2v) is 5.42. The normalized spacial score (nSPS) is 42.2. The zero-order valence-corrected chi connectivity index (χ0v) is 10.2. The number of likely N-dealkylation sites (tertiary alicyclic amines) is 1. The molecule has 0 spiro atoms. The van der Waals surface area contributed by atoms with E-state index >= 15 is 0 Å². The average Bonchev–Trinajstić information content (AvgIpc) is 2.17. The standard InChI is InChI=1S/C12H24N2O/c1-4-14-8-10-6-5-7-12(9-14,11(10)15)13(2)3/h10-11,15H,4-9H2,1-3H3. The molecule has 3 nitrogen and oxygen atoms in total. The van der Waals surface area contributed by atoms with E-state index < -0.39 is 0 Å². The van der Waals surface area contributed by atoms with Crippen LogP contribution in [0.3, 0.4) is 0 Å². The van der Waals surface area contributed by atoms with Crippen LogP contribution < -0.4 is 0 Å². The molecule has 0 aromatic heterocycles. The zero-order chi connectivity index (χ0) is 11.1. The fourth-order valence-electron chi connectivity index (χ4n) is 3.43. The summed E-state index contributed by atoms with van der Waals surface area (Å²) in [6.07, 6.45) is 3.50. The molecular formula is C12H24N2O. The smallest absolute Gasteiger partial charge is 0.0776 e. The summed E-state index contributed by atoms with van der Waals surface area (Å²) in [5.74, 6) is 0.495. The van der Waals surface area contributed by atoms with Crippen LogP contribution in [0.5, 0.6) is 0 Å². The fraction of sp³-hybridized carbons (Fsp3) is 1.00. The number of hydrogen-bond acceptors (Lipinski definition) is 3. The summed E-state index contributed by atoms with van der Waals surface area (Å²) >= 11 is 0. The predicted molar refractivity (Wildman–Crippen MR) is 61.9 cm³/mol. The highest BCUT2D eigenvalue weighted by atomic mass is 16.3. The molecule has 15 heavy (non-hydrogen) atoms. The largest absolute Gasteiger partial charge is 0.391 e. The van der Waals surface area contributed by atoms with Crippen molar-refractivity contribution in [2.45, 2.75) is 37.8 Å². The first kappa shape index (κ1) is 11.4. The Morgan fingerprint density at radius 3 is 2.80 bits per heavy atom. The van der Waals surface area contributed by atoms with E-state index in [9.17, 15) is 5.11 Å². The number of piperidine rings is 1. The molecular weight excluding hydrogens is 188 g/mol. The minimum absolute atomic E-state index is 0.0250. The first-order valence-corrected chi connectivity index (χ1v) is 6.18. The highest BCUT2D eigenvalue weighted by molar-refractivity contribution is 5.06. The number of fused-ring (bicyclic) bond motifs is 2. The SMILES string of the molecule is CCN1CC2CCCC(N(C)C)(C1)C2O. The van der Waals surface area contributed by atoms with Crippen molar-refractivity contribution < 1.29 is 5.11 Å². The number of aliphatic hydroxyl groups excluding tert-OH is 1. The third-order valence-corrected chi connectivity index (χ3v) is 4.51. The summed E-state index contributed by atoms with van der Waals surface area (Å²) in [5.41, 5.74) is 0.0250. The van der Waals surface area contributed by atoms with Crippen LogP contribution in [-0.2, 0) is 0 Å². The Hall–Kier alpha value is -0.120. The molecule has 3 unspecified atom stereocenters. The monoisotopic (exact) mass is 212 g/mol. The molecule has 2 fully saturated rings. The van der Waals surface area contributed by atoms with Crippen LogP contribution in [0.1, 0.15) is 26.2 Å². The summed E-state index contributed by atoms with van der Waals surface area (Å²) in [5, 5.41) is 10.5. The molecule has 1 saturated carbocycles. The summed E-state index contributed by atoms with van der Waals surface area (Å²) in [7, 11) is 4.23. The molecule has 0 aromatic carbocycles. The van der Waals surface area contributed by atoms with Gasteiger partial charge < -0.3 is 14.9 Å². The minimum Gasteiger partial charge on any atom is -0.391 e. The lowest BCUT2D eigenvalue weighted by molar-refractivity contribution is -0.123. The molecule has 1 aliphatic carbocycles. The van der Waals surface area contributed by atoms with Crippen LogP contribution in [0.15, 0.2) is 0 Å². The molecule has 1 heterocycles. The zero-order valence-electron chi connectivity index (χ0n) is 10.2. The van der Waals surface area contributed by atoms with E-state index in [1.807, 2.05) is 0 Å². The maximum Gasteiger partial charge on any atom is 0.0776 e. The lowest BCUT2D eigenvalue weighted by Crippen LogP contribution is -2.68. The summed E-state index contributed by atoms with van der Waals surface area (Å²) in [4.78, 5) is 4.75. The van der Waals surface area contributed by atoms with Crippen LogP contribution >= 0.6 is 0 Å². The van der Waals surface area contributed by atoms with E-state index in [-0.39, 0.29) is 11.6 Å². The van der Waals surface area contributed by atoms with Gasteiger partial charge in [-0.15, -0.1) is 0 Å². The van der Waals surface area contributed by atoms with Crippen LogP contribution in [0.4, 0.5) is 0 Å². The van der Waals surface area contributed by atoms with E-state index in [0.29, 0.717) is 5.92 Å². The Bertz CT molecular complexity index is 232.